The van der Waals surface area contributed by atoms with Crippen molar-refractivity contribution in [3.05, 3.63) is 29.3 Å². The number of likely N-dealkylation sites (N-methyl/N-ethyl adjacent to an activating group) is 1. The number of benzene rings is 1. The molecule has 0 bridgehead atoms. The molecule has 1 aromatic carbocycles. The first kappa shape index (κ1) is 19.2. The number of nitrogens with zero attached hydrogens (tertiary/aromatic N) is 4. The van der Waals surface area contributed by atoms with Crippen LogP contribution in [0.4, 0.5) is 10.5 Å². The lowest BCUT2D eigenvalue weighted by atomic mass is 10.1. The van der Waals surface area contributed by atoms with Gasteiger partial charge in [0.2, 0.25) is 0 Å². The number of ether oxygens (including phenoxy) is 1. The predicted molar refractivity (Wildman–Crippen MR) is 106 cm³/mol. The summed E-state index contributed by atoms with van der Waals surface area (Å²) in [5.41, 5.74) is 3.68. The minimum Gasteiger partial charge on any atom is -0.383 e. The Morgan fingerprint density at radius 3 is 2.75 bits per heavy atom. The number of nitrogens with one attached hydrogen (secondary N) is 1. The molecule has 0 saturated carbocycles. The third-order valence-electron chi connectivity index (χ3n) is 6.27. The lowest BCUT2D eigenvalue weighted by molar-refractivity contribution is -0.139. The van der Waals surface area contributed by atoms with Crippen molar-refractivity contribution in [3.8, 4) is 0 Å². The van der Waals surface area contributed by atoms with Gasteiger partial charge in [0.15, 0.2) is 0 Å². The average Bonchev–Trinajstić information content (AvgIpc) is 3.08. The van der Waals surface area contributed by atoms with Crippen LogP contribution >= 0.6 is 0 Å². The molecule has 3 saturated heterocycles. The molecule has 3 heterocycles. The molecule has 28 heavy (non-hydrogen) atoms. The second-order valence-corrected chi connectivity index (χ2v) is 7.81. The Morgan fingerprint density at radius 2 is 2.00 bits per heavy atom. The van der Waals surface area contributed by atoms with Gasteiger partial charge >= 0.3 is 6.03 Å². The molecule has 8 nitrogen and oxygen atoms in total. The van der Waals surface area contributed by atoms with Gasteiger partial charge in [-0.15, -0.1) is 0 Å². The van der Waals surface area contributed by atoms with Crippen LogP contribution in [0.15, 0.2) is 18.2 Å². The van der Waals surface area contributed by atoms with Gasteiger partial charge < -0.3 is 14.5 Å². The zero-order valence-electron chi connectivity index (χ0n) is 17.0. The summed E-state index contributed by atoms with van der Waals surface area (Å²) in [4.78, 5) is 33.5. The first-order valence-corrected chi connectivity index (χ1v) is 9.87. The van der Waals surface area contributed by atoms with E-state index in [1.54, 1.807) is 19.1 Å². The van der Waals surface area contributed by atoms with Crippen LogP contribution < -0.4 is 10.2 Å². The summed E-state index contributed by atoms with van der Waals surface area (Å²) in [5.74, 6) is -0.136. The van der Waals surface area contributed by atoms with Crippen molar-refractivity contribution < 1.29 is 14.3 Å². The maximum absolute atomic E-state index is 13.2. The molecule has 0 aromatic heterocycles. The van der Waals surface area contributed by atoms with Gasteiger partial charge in [0, 0.05) is 32.9 Å². The van der Waals surface area contributed by atoms with Crippen molar-refractivity contribution in [2.45, 2.75) is 38.8 Å². The van der Waals surface area contributed by atoms with E-state index in [4.69, 9.17) is 4.74 Å². The highest BCUT2D eigenvalue weighted by molar-refractivity contribution is 6.00. The third-order valence-corrected chi connectivity index (χ3v) is 6.27. The maximum atomic E-state index is 13.2. The number of fused-ring (bicyclic) bond motifs is 3. The summed E-state index contributed by atoms with van der Waals surface area (Å²) in [6.45, 7) is 6.61. The molecule has 1 aromatic rings. The third kappa shape index (κ3) is 2.87. The molecule has 8 heteroatoms. The first-order chi connectivity index (χ1) is 13.5. The zero-order valence-corrected chi connectivity index (χ0v) is 17.0. The Labute approximate surface area is 166 Å². The fourth-order valence-corrected chi connectivity index (χ4v) is 4.60. The van der Waals surface area contributed by atoms with Crippen LogP contribution in [0.3, 0.4) is 0 Å². The van der Waals surface area contributed by atoms with Gasteiger partial charge in [0.25, 0.3) is 5.91 Å². The number of carbonyl (C=O) groups excluding carboxylic acids is 2. The largest absolute Gasteiger partial charge is 0.383 e. The molecule has 0 aliphatic carbocycles. The molecule has 3 atom stereocenters. The highest BCUT2D eigenvalue weighted by Crippen LogP contribution is 2.34. The van der Waals surface area contributed by atoms with Gasteiger partial charge in [0.1, 0.15) is 18.5 Å². The van der Waals surface area contributed by atoms with E-state index < -0.39 is 0 Å². The molecule has 1 N–H and O–H groups in total. The summed E-state index contributed by atoms with van der Waals surface area (Å²) in [5, 5.41) is 3.56. The smallest absolute Gasteiger partial charge is 0.327 e. The molecule has 152 valence electrons. The van der Waals surface area contributed by atoms with Gasteiger partial charge in [-0.2, -0.15) is 0 Å². The number of carbonyl (C=O) groups is 2. The van der Waals surface area contributed by atoms with Crippen LogP contribution in [0.25, 0.3) is 0 Å². The average molecular weight is 387 g/mol. The van der Waals surface area contributed by atoms with E-state index in [0.29, 0.717) is 6.61 Å². The highest BCUT2D eigenvalue weighted by Gasteiger charge is 2.56. The van der Waals surface area contributed by atoms with E-state index in [0.717, 1.165) is 19.5 Å². The van der Waals surface area contributed by atoms with Crippen LogP contribution in [0, 0.1) is 13.8 Å². The molecule has 0 radical (unpaired) electrons. The Balaban J connectivity index is 1.65. The Kier molecular flexibility index (Phi) is 5.03. The van der Waals surface area contributed by atoms with Crippen LogP contribution in [0.1, 0.15) is 17.5 Å². The van der Waals surface area contributed by atoms with Crippen LogP contribution in [0.2, 0.25) is 0 Å². The van der Waals surface area contributed by atoms with E-state index >= 15 is 0 Å². The van der Waals surface area contributed by atoms with Crippen LogP contribution in [-0.2, 0) is 9.53 Å². The van der Waals surface area contributed by atoms with E-state index in [-0.39, 0.29) is 37.0 Å². The number of urea groups is 1. The van der Waals surface area contributed by atoms with Gasteiger partial charge in [-0.1, -0.05) is 12.1 Å². The number of rotatable bonds is 4. The number of methoxy groups -OCH3 is 1. The minimum absolute atomic E-state index is 0.106. The fraction of sp³-hybridized carbons (Fsp3) is 0.600. The summed E-state index contributed by atoms with van der Waals surface area (Å²) >= 11 is 0. The molecule has 4 rings (SSSR count). The number of anilines is 1. The molecule has 0 spiro atoms. The molecular formula is C20H29N5O3. The van der Waals surface area contributed by atoms with Crippen molar-refractivity contribution in [3.63, 3.8) is 0 Å². The quantitative estimate of drug-likeness (QED) is 0.829. The zero-order chi connectivity index (χ0) is 20.0. The van der Waals surface area contributed by atoms with Crippen molar-refractivity contribution in [1.82, 2.24) is 20.0 Å². The normalized spacial score (nSPS) is 28.0. The van der Waals surface area contributed by atoms with Gasteiger partial charge in [0.05, 0.1) is 13.2 Å². The second-order valence-electron chi connectivity index (χ2n) is 7.81. The molecule has 3 amide bonds. The van der Waals surface area contributed by atoms with Crippen molar-refractivity contribution in [2.24, 2.45) is 0 Å². The molecule has 3 aliphatic heterocycles. The van der Waals surface area contributed by atoms with Crippen molar-refractivity contribution >= 4 is 17.6 Å². The predicted octanol–water partition coefficient (Wildman–Crippen LogP) is 0.937. The Hall–Kier alpha value is -2.16. The molecular weight excluding hydrogens is 358 g/mol. The number of amides is 3. The maximum Gasteiger partial charge on any atom is 0.327 e. The highest BCUT2D eigenvalue weighted by atomic mass is 16.5. The number of hydrogen-bond donors (Lipinski definition) is 1. The number of imide groups is 1. The van der Waals surface area contributed by atoms with E-state index in [1.165, 1.54) is 21.7 Å². The van der Waals surface area contributed by atoms with E-state index in [9.17, 15) is 9.59 Å². The molecule has 3 unspecified atom stereocenters. The Bertz CT molecular complexity index is 785. The fourth-order valence-electron chi connectivity index (χ4n) is 4.60. The number of hydrogen-bond acceptors (Lipinski definition) is 6. The van der Waals surface area contributed by atoms with Gasteiger partial charge in [-0.25, -0.2) is 4.79 Å². The van der Waals surface area contributed by atoms with Crippen LogP contribution in [-0.4, -0.2) is 85.5 Å². The van der Waals surface area contributed by atoms with E-state index in [1.807, 2.05) is 0 Å². The lowest BCUT2D eigenvalue weighted by Crippen LogP contribution is -2.66. The summed E-state index contributed by atoms with van der Waals surface area (Å²) in [7, 11) is 3.34. The van der Waals surface area contributed by atoms with Gasteiger partial charge in [-0.05, 0) is 37.5 Å². The molecule has 3 fully saturated rings. The van der Waals surface area contributed by atoms with Crippen molar-refractivity contribution in [1.29, 1.82) is 0 Å². The topological polar surface area (TPSA) is 68.4 Å². The number of aryl methyl sites for hydroxylation is 1. The van der Waals surface area contributed by atoms with Crippen molar-refractivity contribution in [2.75, 3.05) is 45.3 Å². The molecule has 3 aliphatic rings. The summed E-state index contributed by atoms with van der Waals surface area (Å²) < 4.78 is 5.09. The van der Waals surface area contributed by atoms with Crippen LogP contribution in [0.5, 0.6) is 0 Å². The minimum atomic E-state index is -0.377. The lowest BCUT2D eigenvalue weighted by Gasteiger charge is -2.44. The first-order valence-electron chi connectivity index (χ1n) is 9.87. The Morgan fingerprint density at radius 1 is 1.21 bits per heavy atom. The van der Waals surface area contributed by atoms with Gasteiger partial charge in [-0.3, -0.25) is 19.9 Å². The monoisotopic (exact) mass is 387 g/mol. The second kappa shape index (κ2) is 7.35. The van der Waals surface area contributed by atoms with E-state index in [2.05, 4.69) is 47.2 Å². The standard InChI is InChI=1S/C20H29N5O3/c1-13-7-5-8-15(14(13)2)23-9-6-10-24-16-17(21-19(23)24)22(3)20(27)25(18(16)26)11-12-28-4/h5,7-8,16-17,19,21H,6,9-12H2,1-4H3. The summed E-state index contributed by atoms with van der Waals surface area (Å²) in [6, 6.07) is 5.68. The summed E-state index contributed by atoms with van der Waals surface area (Å²) in [6.07, 6.45) is 0.540. The SMILES string of the molecule is COCCN1C(=O)C2C(NC3N(c4cccc(C)c4C)CCCN23)N(C)C1=O.